The summed E-state index contributed by atoms with van der Waals surface area (Å²) in [6, 6.07) is 2.26. The summed E-state index contributed by atoms with van der Waals surface area (Å²) in [5, 5.41) is 0. The van der Waals surface area contributed by atoms with Crippen LogP contribution in [0.4, 0.5) is 0 Å². The van der Waals surface area contributed by atoms with E-state index in [9.17, 15) is 0 Å². The molecule has 0 atom stereocenters. The summed E-state index contributed by atoms with van der Waals surface area (Å²) in [6.45, 7) is 6.37. The molecule has 0 unspecified atom stereocenters. The molecule has 0 aliphatic carbocycles. The van der Waals surface area contributed by atoms with Crippen LogP contribution in [-0.2, 0) is 12.8 Å². The van der Waals surface area contributed by atoms with Gasteiger partial charge in [0.25, 0.3) is 0 Å². The Morgan fingerprint density at radius 2 is 2.25 bits per heavy atom. The lowest BCUT2D eigenvalue weighted by Gasteiger charge is -1.91. The van der Waals surface area contributed by atoms with E-state index in [1.165, 1.54) is 17.0 Å². The van der Waals surface area contributed by atoms with Crippen LogP contribution in [-0.4, -0.2) is 4.98 Å². The summed E-state index contributed by atoms with van der Waals surface area (Å²) in [6.07, 6.45) is 6.43. The molecule has 0 saturated carbocycles. The number of aryl methyl sites for hydroxylation is 2. The van der Waals surface area contributed by atoms with Gasteiger partial charge in [0, 0.05) is 11.4 Å². The maximum atomic E-state index is 3.37. The summed E-state index contributed by atoms with van der Waals surface area (Å²) in [5.41, 5.74) is 4.07. The molecule has 0 amide bonds. The predicted octanol–water partition coefficient (Wildman–Crippen LogP) is 3.00. The number of allylic oxidation sites excluding steroid dienone is 2. The summed E-state index contributed by atoms with van der Waals surface area (Å²) in [7, 11) is 0. The number of hydrogen-bond acceptors (Lipinski definition) is 0. The van der Waals surface area contributed by atoms with Crippen molar-refractivity contribution in [2.24, 2.45) is 0 Å². The molecule has 1 rings (SSSR count). The molecule has 0 spiro atoms. The Morgan fingerprint density at radius 1 is 1.50 bits per heavy atom. The van der Waals surface area contributed by atoms with Gasteiger partial charge in [0.1, 0.15) is 0 Å². The molecule has 0 saturated heterocycles. The molecule has 0 bridgehead atoms. The Labute approximate surface area is 74.5 Å². The summed E-state index contributed by atoms with van der Waals surface area (Å²) in [4.78, 5) is 3.37. The molecule has 0 aliphatic heterocycles. The number of H-pyrrole nitrogens is 1. The highest BCUT2D eigenvalue weighted by atomic mass is 14.7. The van der Waals surface area contributed by atoms with E-state index in [1.807, 2.05) is 0 Å². The van der Waals surface area contributed by atoms with Crippen LogP contribution in [0.25, 0.3) is 0 Å². The highest BCUT2D eigenvalue weighted by molar-refractivity contribution is 5.26. The third-order valence-electron chi connectivity index (χ3n) is 2.13. The smallest absolute Gasteiger partial charge is 0.0153 e. The maximum absolute atomic E-state index is 3.37. The first-order valence-electron chi connectivity index (χ1n) is 4.56. The van der Waals surface area contributed by atoms with E-state index in [0.29, 0.717) is 0 Å². The highest BCUT2D eigenvalue weighted by Crippen LogP contribution is 2.11. The number of hydrogen-bond donors (Lipinski definition) is 1. The molecule has 1 heterocycles. The first kappa shape index (κ1) is 9.11. The van der Waals surface area contributed by atoms with E-state index in [2.05, 4.69) is 44.0 Å². The van der Waals surface area contributed by atoms with Gasteiger partial charge in [-0.3, -0.25) is 0 Å². The van der Waals surface area contributed by atoms with Crippen LogP contribution in [0.2, 0.25) is 0 Å². The van der Waals surface area contributed by atoms with Gasteiger partial charge in [-0.2, -0.15) is 0 Å². The fourth-order valence-corrected chi connectivity index (χ4v) is 1.32. The number of rotatable bonds is 3. The van der Waals surface area contributed by atoms with Gasteiger partial charge in [0.2, 0.25) is 0 Å². The number of aromatic amines is 1. The zero-order valence-electron chi connectivity index (χ0n) is 8.15. The van der Waals surface area contributed by atoms with Crippen LogP contribution in [0.1, 0.15) is 30.8 Å². The third-order valence-corrected chi connectivity index (χ3v) is 2.13. The van der Waals surface area contributed by atoms with Gasteiger partial charge in [-0.15, -0.1) is 0 Å². The Kier molecular flexibility index (Phi) is 3.15. The Bertz CT molecular complexity index is 269. The fourth-order valence-electron chi connectivity index (χ4n) is 1.32. The molecule has 0 radical (unpaired) electrons. The van der Waals surface area contributed by atoms with Crippen LogP contribution < -0.4 is 0 Å². The first-order chi connectivity index (χ1) is 5.77. The third kappa shape index (κ3) is 2.00. The van der Waals surface area contributed by atoms with E-state index in [-0.39, 0.29) is 0 Å². The van der Waals surface area contributed by atoms with Crippen molar-refractivity contribution in [2.75, 3.05) is 0 Å². The van der Waals surface area contributed by atoms with Crippen molar-refractivity contribution in [2.45, 2.75) is 33.6 Å². The van der Waals surface area contributed by atoms with Gasteiger partial charge in [0.15, 0.2) is 0 Å². The molecular weight excluding hydrogens is 146 g/mol. The molecular formula is C11H17N. The minimum atomic E-state index is 1.05. The predicted molar refractivity (Wildman–Crippen MR) is 53.4 cm³/mol. The van der Waals surface area contributed by atoms with Crippen LogP contribution in [0, 0.1) is 6.92 Å². The second-order valence-corrected chi connectivity index (χ2v) is 3.07. The molecule has 1 N–H and O–H groups in total. The van der Waals surface area contributed by atoms with E-state index < -0.39 is 0 Å². The minimum absolute atomic E-state index is 1.05. The monoisotopic (exact) mass is 163 g/mol. The van der Waals surface area contributed by atoms with Gasteiger partial charge in [-0.1, -0.05) is 19.1 Å². The average molecular weight is 163 g/mol. The first-order valence-corrected chi connectivity index (χ1v) is 4.56. The van der Waals surface area contributed by atoms with Crippen molar-refractivity contribution in [1.29, 1.82) is 0 Å². The molecule has 12 heavy (non-hydrogen) atoms. The van der Waals surface area contributed by atoms with Gasteiger partial charge >= 0.3 is 0 Å². The lowest BCUT2D eigenvalue weighted by Crippen LogP contribution is -1.80. The van der Waals surface area contributed by atoms with E-state index in [0.717, 1.165) is 12.8 Å². The molecule has 66 valence electrons. The number of aromatic nitrogens is 1. The van der Waals surface area contributed by atoms with Crippen molar-refractivity contribution in [3.63, 3.8) is 0 Å². The van der Waals surface area contributed by atoms with Crippen molar-refractivity contribution >= 4 is 0 Å². The van der Waals surface area contributed by atoms with E-state index >= 15 is 0 Å². The summed E-state index contributed by atoms with van der Waals surface area (Å²) < 4.78 is 0. The second-order valence-electron chi connectivity index (χ2n) is 3.07. The Balaban J connectivity index is 2.77. The average Bonchev–Trinajstić information content (AvgIpc) is 2.43. The lowest BCUT2D eigenvalue weighted by molar-refractivity contribution is 1.04. The molecule has 0 aliphatic rings. The van der Waals surface area contributed by atoms with Crippen molar-refractivity contribution in [1.82, 2.24) is 4.98 Å². The van der Waals surface area contributed by atoms with Crippen LogP contribution in [0.5, 0.6) is 0 Å². The zero-order chi connectivity index (χ0) is 8.97. The summed E-state index contributed by atoms with van der Waals surface area (Å²) in [5.74, 6) is 0. The fraction of sp³-hybridized carbons (Fsp3) is 0.455. The normalized spacial score (nSPS) is 11.2. The number of nitrogens with one attached hydrogen (secondary N) is 1. The quantitative estimate of drug-likeness (QED) is 0.659. The van der Waals surface area contributed by atoms with Gasteiger partial charge < -0.3 is 4.98 Å². The topological polar surface area (TPSA) is 15.8 Å². The van der Waals surface area contributed by atoms with Crippen molar-refractivity contribution in [3.8, 4) is 0 Å². The maximum Gasteiger partial charge on any atom is 0.0153 e. The largest absolute Gasteiger partial charge is 0.362 e. The van der Waals surface area contributed by atoms with Crippen LogP contribution in [0.3, 0.4) is 0 Å². The lowest BCUT2D eigenvalue weighted by atomic mass is 10.1. The second kappa shape index (κ2) is 4.15. The standard InChI is InChI=1S/C11H17N/c1-4-6-7-10-8-11(5-2)12-9(10)3/h4,6,8,12H,5,7H2,1-3H3/b6-4-. The van der Waals surface area contributed by atoms with Gasteiger partial charge in [0.05, 0.1) is 0 Å². The highest BCUT2D eigenvalue weighted by Gasteiger charge is 2.00. The molecule has 1 aromatic heterocycles. The molecule has 0 fully saturated rings. The molecule has 0 aromatic carbocycles. The molecule has 1 nitrogen and oxygen atoms in total. The summed E-state index contributed by atoms with van der Waals surface area (Å²) >= 11 is 0. The van der Waals surface area contributed by atoms with Gasteiger partial charge in [-0.05, 0) is 38.3 Å². The minimum Gasteiger partial charge on any atom is -0.362 e. The SMILES string of the molecule is C/C=C\Cc1cc(CC)[nH]c1C. The van der Waals surface area contributed by atoms with Crippen LogP contribution >= 0.6 is 0 Å². The zero-order valence-corrected chi connectivity index (χ0v) is 8.15. The molecule has 1 aromatic rings. The van der Waals surface area contributed by atoms with E-state index in [1.54, 1.807) is 0 Å². The van der Waals surface area contributed by atoms with Gasteiger partial charge in [-0.25, -0.2) is 0 Å². The Morgan fingerprint density at radius 3 is 2.75 bits per heavy atom. The van der Waals surface area contributed by atoms with Crippen molar-refractivity contribution < 1.29 is 0 Å². The van der Waals surface area contributed by atoms with E-state index in [4.69, 9.17) is 0 Å². The molecule has 1 heteroatoms. The van der Waals surface area contributed by atoms with Crippen molar-refractivity contribution in [3.05, 3.63) is 35.2 Å². The van der Waals surface area contributed by atoms with Crippen LogP contribution in [0.15, 0.2) is 18.2 Å². The Hall–Kier alpha value is -0.980.